The number of fused-ring (bicyclic) bond motifs is 11. The van der Waals surface area contributed by atoms with Crippen molar-refractivity contribution < 1.29 is 4.42 Å². The number of rotatable bonds is 7. The van der Waals surface area contributed by atoms with E-state index in [-0.39, 0.29) is 0 Å². The van der Waals surface area contributed by atoms with Crippen molar-refractivity contribution in [3.8, 4) is 22.3 Å². The molecule has 0 aliphatic carbocycles. The Kier molecular flexibility index (Phi) is 9.73. The Morgan fingerprint density at radius 2 is 0.775 bits per heavy atom. The van der Waals surface area contributed by atoms with Gasteiger partial charge in [0.05, 0.1) is 5.41 Å². The van der Waals surface area contributed by atoms with Crippen molar-refractivity contribution in [2.45, 2.75) is 15.2 Å². The van der Waals surface area contributed by atoms with E-state index in [0.29, 0.717) is 0 Å². The molecule has 0 saturated heterocycles. The molecule has 2 nitrogen and oxygen atoms in total. The van der Waals surface area contributed by atoms with Gasteiger partial charge in [-0.05, 0) is 132 Å². The van der Waals surface area contributed by atoms with Crippen LogP contribution in [-0.4, -0.2) is 8.07 Å². The summed E-state index contributed by atoms with van der Waals surface area (Å²) in [5, 5.41) is 7.86. The zero-order chi connectivity index (χ0) is 46.9. The van der Waals surface area contributed by atoms with Gasteiger partial charge < -0.3 is 9.32 Å². The maximum atomic E-state index is 6.90. The van der Waals surface area contributed by atoms with Crippen LogP contribution >= 0.6 is 11.8 Å². The van der Waals surface area contributed by atoms with Crippen LogP contribution in [0, 0.1) is 0 Å². The van der Waals surface area contributed by atoms with Crippen molar-refractivity contribution in [3.63, 3.8) is 0 Å². The lowest BCUT2D eigenvalue weighted by molar-refractivity contribution is 0.669. The molecule has 0 atom stereocenters. The third kappa shape index (κ3) is 6.35. The number of hydrogen-bond acceptors (Lipinski definition) is 3. The first-order valence-electron chi connectivity index (χ1n) is 24.4. The Morgan fingerprint density at radius 3 is 1.44 bits per heavy atom. The van der Waals surface area contributed by atoms with Crippen LogP contribution in [0.15, 0.2) is 287 Å². The lowest BCUT2D eigenvalue weighted by atomic mass is 9.64. The summed E-state index contributed by atoms with van der Waals surface area (Å²) in [6.07, 6.45) is 0. The van der Waals surface area contributed by atoms with Crippen molar-refractivity contribution in [3.05, 3.63) is 295 Å². The largest absolute Gasteiger partial charge is 0.456 e. The highest BCUT2D eigenvalue weighted by Crippen LogP contribution is 2.57. The number of para-hydroxylation sites is 1. The van der Waals surface area contributed by atoms with Crippen molar-refractivity contribution in [1.82, 2.24) is 0 Å². The van der Waals surface area contributed by atoms with Gasteiger partial charge in [-0.2, -0.15) is 0 Å². The smallest absolute Gasteiger partial charge is 0.180 e. The van der Waals surface area contributed by atoms with E-state index in [2.05, 4.69) is 278 Å². The fourth-order valence-corrected chi connectivity index (χ4v) is 18.5. The summed E-state index contributed by atoms with van der Waals surface area (Å²) in [6.45, 7) is 0. The topological polar surface area (TPSA) is 16.4 Å². The van der Waals surface area contributed by atoms with E-state index < -0.39 is 13.5 Å². The molecule has 12 aromatic rings. The van der Waals surface area contributed by atoms with Crippen LogP contribution in [0.2, 0.25) is 0 Å². The highest BCUT2D eigenvalue weighted by molar-refractivity contribution is 7.99. The molecular formula is C67H45NOSSi. The molecule has 0 amide bonds. The Labute approximate surface area is 419 Å². The SMILES string of the molecule is c1ccc(-c2ccc(N(c3ccccc3)c3ccc4c(c3)oc3cc(-c5ccc6c(c5)C5(c7ccccc7S6)c6ccccc6[Si](c6ccccc6)(c6ccccc6)c6ccccc65)ccc34)cc2)cc1. The summed E-state index contributed by atoms with van der Waals surface area (Å²) in [7, 11) is -2.84. The van der Waals surface area contributed by atoms with Crippen LogP contribution in [0.3, 0.4) is 0 Å². The van der Waals surface area contributed by atoms with Crippen LogP contribution < -0.4 is 25.6 Å². The lowest BCUT2D eigenvalue weighted by Gasteiger charge is -2.51. The molecule has 14 rings (SSSR count). The number of nitrogens with zero attached hydrogens (tertiary/aromatic N) is 1. The van der Waals surface area contributed by atoms with Gasteiger partial charge in [-0.3, -0.25) is 0 Å². The van der Waals surface area contributed by atoms with Crippen LogP contribution in [0.25, 0.3) is 44.2 Å². The van der Waals surface area contributed by atoms with Gasteiger partial charge in [0.25, 0.3) is 0 Å². The molecule has 3 heterocycles. The number of furan rings is 1. The van der Waals surface area contributed by atoms with Gasteiger partial charge in [0, 0.05) is 43.7 Å². The second-order valence-electron chi connectivity index (χ2n) is 18.7. The molecule has 0 fully saturated rings. The van der Waals surface area contributed by atoms with Crippen molar-refractivity contribution in [2.75, 3.05) is 4.90 Å². The summed E-state index contributed by atoms with van der Waals surface area (Å²) in [6, 6.07) is 101. The molecule has 1 aromatic heterocycles. The van der Waals surface area contributed by atoms with E-state index >= 15 is 0 Å². The molecule has 334 valence electrons. The fourth-order valence-electron chi connectivity index (χ4n) is 12.1. The summed E-state index contributed by atoms with van der Waals surface area (Å²) in [5.74, 6) is 0. The minimum absolute atomic E-state index is 0.577. The van der Waals surface area contributed by atoms with E-state index in [1.807, 2.05) is 11.8 Å². The monoisotopic (exact) mass is 939 g/mol. The number of benzene rings is 11. The highest BCUT2D eigenvalue weighted by Gasteiger charge is 2.57. The molecule has 0 N–H and O–H groups in total. The molecule has 1 spiro atoms. The molecule has 71 heavy (non-hydrogen) atoms. The molecule has 0 saturated carbocycles. The first-order valence-corrected chi connectivity index (χ1v) is 27.2. The van der Waals surface area contributed by atoms with Crippen LogP contribution in [-0.2, 0) is 5.41 Å². The maximum Gasteiger partial charge on any atom is 0.180 e. The summed E-state index contributed by atoms with van der Waals surface area (Å²) in [5.41, 5.74) is 14.4. The molecule has 4 heteroatoms. The van der Waals surface area contributed by atoms with Crippen LogP contribution in [0.4, 0.5) is 17.1 Å². The molecule has 2 aliphatic rings. The Balaban J connectivity index is 0.926. The number of hydrogen-bond donors (Lipinski definition) is 0. The first kappa shape index (κ1) is 41.5. The van der Waals surface area contributed by atoms with Gasteiger partial charge in [-0.1, -0.05) is 212 Å². The minimum Gasteiger partial charge on any atom is -0.456 e. The second-order valence-corrected chi connectivity index (χ2v) is 23.5. The third-order valence-electron chi connectivity index (χ3n) is 15.1. The zero-order valence-corrected chi connectivity index (χ0v) is 40.6. The van der Waals surface area contributed by atoms with E-state index in [4.69, 9.17) is 4.42 Å². The molecule has 2 aliphatic heterocycles. The third-order valence-corrected chi connectivity index (χ3v) is 21.1. The van der Waals surface area contributed by atoms with Crippen LogP contribution in [0.1, 0.15) is 22.3 Å². The highest BCUT2D eigenvalue weighted by atomic mass is 32.2. The fraction of sp³-hybridized carbons (Fsp3) is 0.0149. The standard InChI is InChI=1S/C67H45NOSSi/c1-5-19-46(20-6-1)47-33-37-51(38-34-47)68(50-21-7-2-8-22-50)52-39-41-56-55-40-35-49(44-61(55)69-62(56)45-52)48-36-42-64-60(43-48)67(57-27-13-16-30-63(57)70-64)58-28-14-17-31-65(58)71(53-23-9-3-10-24-53,54-25-11-4-12-26-54)66-32-18-15-29-59(66)67/h1-45H. The van der Waals surface area contributed by atoms with E-state index in [1.165, 1.54) is 63.9 Å². The molecule has 11 aromatic carbocycles. The summed E-state index contributed by atoms with van der Waals surface area (Å²) >= 11 is 1.89. The van der Waals surface area contributed by atoms with Gasteiger partial charge in [0.2, 0.25) is 0 Å². The first-order chi connectivity index (χ1) is 35.2. The average Bonchev–Trinajstić information content (AvgIpc) is 3.82. The quantitative estimate of drug-likeness (QED) is 0.148. The lowest BCUT2D eigenvalue weighted by Crippen LogP contribution is -2.79. The van der Waals surface area contributed by atoms with Gasteiger partial charge in [0.15, 0.2) is 8.07 Å². The van der Waals surface area contributed by atoms with Crippen molar-refractivity contribution in [2.24, 2.45) is 0 Å². The molecule has 0 unspecified atom stereocenters. The normalized spacial score (nSPS) is 13.8. The van der Waals surface area contributed by atoms with Gasteiger partial charge >= 0.3 is 0 Å². The summed E-state index contributed by atoms with van der Waals surface area (Å²) in [4.78, 5) is 4.88. The average molecular weight is 940 g/mol. The van der Waals surface area contributed by atoms with Gasteiger partial charge in [-0.15, -0.1) is 0 Å². The minimum atomic E-state index is -2.84. The predicted molar refractivity (Wildman–Crippen MR) is 299 cm³/mol. The van der Waals surface area contributed by atoms with E-state index in [9.17, 15) is 0 Å². The maximum absolute atomic E-state index is 6.90. The second kappa shape index (κ2) is 16.6. The molecule has 0 bridgehead atoms. The van der Waals surface area contributed by atoms with E-state index in [1.54, 1.807) is 0 Å². The van der Waals surface area contributed by atoms with Gasteiger partial charge in [-0.25, -0.2) is 0 Å². The Morgan fingerprint density at radius 1 is 0.324 bits per heavy atom. The Hall–Kier alpha value is -8.41. The van der Waals surface area contributed by atoms with Crippen LogP contribution in [0.5, 0.6) is 0 Å². The van der Waals surface area contributed by atoms with Crippen molar-refractivity contribution in [1.29, 1.82) is 0 Å². The van der Waals surface area contributed by atoms with E-state index in [0.717, 1.165) is 50.1 Å². The Bertz CT molecular complexity index is 3870. The summed E-state index contributed by atoms with van der Waals surface area (Å²) < 4.78 is 6.90. The molecule has 0 radical (unpaired) electrons. The zero-order valence-electron chi connectivity index (χ0n) is 38.7. The predicted octanol–water partition coefficient (Wildman–Crippen LogP) is 14.9. The van der Waals surface area contributed by atoms with Gasteiger partial charge in [0.1, 0.15) is 11.2 Å². The van der Waals surface area contributed by atoms with Crippen molar-refractivity contribution >= 4 is 79.6 Å². The number of anilines is 3. The molecular weight excluding hydrogens is 895 g/mol.